The second-order valence-corrected chi connectivity index (χ2v) is 10.5. The molecule has 0 saturated carbocycles. The maximum absolute atomic E-state index is 12.8. The van der Waals surface area contributed by atoms with Gasteiger partial charge in [-0.3, -0.25) is 9.59 Å². The molecule has 1 aliphatic heterocycles. The number of carbonyl (C=O) groups is 2. The van der Waals surface area contributed by atoms with Crippen molar-refractivity contribution in [3.63, 3.8) is 0 Å². The van der Waals surface area contributed by atoms with Crippen molar-refractivity contribution in [2.75, 3.05) is 13.1 Å². The van der Waals surface area contributed by atoms with Crippen LogP contribution in [0.3, 0.4) is 0 Å². The van der Waals surface area contributed by atoms with E-state index in [0.717, 1.165) is 11.1 Å². The van der Waals surface area contributed by atoms with Crippen LogP contribution in [-0.4, -0.2) is 44.3 Å². The molecule has 1 aromatic carbocycles. The number of aryl methyl sites for hydroxylation is 1. The fourth-order valence-electron chi connectivity index (χ4n) is 3.54. The molecule has 1 aliphatic rings. The summed E-state index contributed by atoms with van der Waals surface area (Å²) in [6.45, 7) is 4.39. The third-order valence-electron chi connectivity index (χ3n) is 5.17. The number of piperidine rings is 1. The molecule has 1 saturated heterocycles. The number of benzene rings is 1. The van der Waals surface area contributed by atoms with Crippen LogP contribution in [0.15, 0.2) is 46.0 Å². The first-order valence-electron chi connectivity index (χ1n) is 9.92. The molecule has 1 unspecified atom stereocenters. The summed E-state index contributed by atoms with van der Waals surface area (Å²) >= 11 is 1.18. The van der Waals surface area contributed by atoms with E-state index < -0.39 is 10.0 Å². The highest BCUT2D eigenvalue weighted by Crippen LogP contribution is 2.22. The van der Waals surface area contributed by atoms with Crippen LogP contribution in [0.4, 0.5) is 0 Å². The highest BCUT2D eigenvalue weighted by Gasteiger charge is 2.28. The number of likely N-dealkylation sites (tertiary alicyclic amines) is 1. The third kappa shape index (κ3) is 5.90. The Kier molecular flexibility index (Phi) is 7.27. The van der Waals surface area contributed by atoms with E-state index in [1.807, 2.05) is 31.2 Å². The summed E-state index contributed by atoms with van der Waals surface area (Å²) in [4.78, 5) is 26.2. The van der Waals surface area contributed by atoms with Gasteiger partial charge in [-0.15, -0.1) is 11.3 Å². The number of thiophene rings is 1. The second kappa shape index (κ2) is 9.72. The largest absolute Gasteiger partial charge is 0.349 e. The van der Waals surface area contributed by atoms with E-state index >= 15 is 0 Å². The average Bonchev–Trinajstić information content (AvgIpc) is 3.24. The highest BCUT2D eigenvalue weighted by atomic mass is 32.2. The van der Waals surface area contributed by atoms with Gasteiger partial charge >= 0.3 is 0 Å². The molecule has 0 spiro atoms. The molecule has 3 rings (SSSR count). The van der Waals surface area contributed by atoms with Crippen LogP contribution < -0.4 is 10.0 Å². The number of rotatable bonds is 7. The van der Waals surface area contributed by atoms with Gasteiger partial charge < -0.3 is 10.2 Å². The fourth-order valence-corrected chi connectivity index (χ4v) is 5.86. The Hall–Kier alpha value is -2.23. The topological polar surface area (TPSA) is 95.6 Å². The van der Waals surface area contributed by atoms with E-state index in [1.165, 1.54) is 18.3 Å². The molecular formula is C21H27N3O4S2. The first-order chi connectivity index (χ1) is 14.2. The molecule has 7 nitrogen and oxygen atoms in total. The maximum Gasteiger partial charge on any atom is 0.250 e. The number of carbonyl (C=O) groups excluding carboxylic acids is 2. The molecule has 0 bridgehead atoms. The molecule has 0 radical (unpaired) electrons. The minimum Gasteiger partial charge on any atom is -0.349 e. The molecule has 0 aliphatic carbocycles. The smallest absolute Gasteiger partial charge is 0.250 e. The summed E-state index contributed by atoms with van der Waals surface area (Å²) in [5, 5.41) is 4.60. The predicted octanol–water partition coefficient (Wildman–Crippen LogP) is 2.59. The number of sulfonamides is 1. The lowest BCUT2D eigenvalue weighted by Crippen LogP contribution is -2.47. The van der Waals surface area contributed by atoms with E-state index in [0.29, 0.717) is 30.1 Å². The first-order valence-corrected chi connectivity index (χ1v) is 12.3. The maximum atomic E-state index is 12.8. The molecule has 1 fully saturated rings. The van der Waals surface area contributed by atoms with Gasteiger partial charge in [0.15, 0.2) is 0 Å². The lowest BCUT2D eigenvalue weighted by molar-refractivity contribution is -0.133. The lowest BCUT2D eigenvalue weighted by atomic mass is 10.00. The van der Waals surface area contributed by atoms with Crippen LogP contribution in [0.1, 0.15) is 43.4 Å². The molecule has 162 valence electrons. The van der Waals surface area contributed by atoms with E-state index in [4.69, 9.17) is 0 Å². The first kappa shape index (κ1) is 22.5. The minimum atomic E-state index is -3.51. The van der Waals surface area contributed by atoms with Crippen LogP contribution >= 0.6 is 11.3 Å². The third-order valence-corrected chi connectivity index (χ3v) is 8.08. The SMILES string of the molecule is CC(=O)NC(CC(=O)N1CCC(NS(=O)(=O)c2cccs2)CC1)c1ccc(C)cc1. The Morgan fingerprint density at radius 3 is 2.40 bits per heavy atom. The Morgan fingerprint density at radius 2 is 1.83 bits per heavy atom. The lowest BCUT2D eigenvalue weighted by Gasteiger charge is -2.33. The van der Waals surface area contributed by atoms with Crippen LogP contribution in [0.5, 0.6) is 0 Å². The second-order valence-electron chi connectivity index (χ2n) is 7.58. The molecule has 1 atom stereocenters. The Morgan fingerprint density at radius 1 is 1.17 bits per heavy atom. The summed E-state index contributed by atoms with van der Waals surface area (Å²) in [7, 11) is -3.51. The van der Waals surface area contributed by atoms with Gasteiger partial charge in [0.25, 0.3) is 0 Å². The molecular weight excluding hydrogens is 422 g/mol. The summed E-state index contributed by atoms with van der Waals surface area (Å²) in [6, 6.07) is 10.5. The van der Waals surface area contributed by atoms with Gasteiger partial charge in [0.1, 0.15) is 4.21 Å². The van der Waals surface area contributed by atoms with Crippen molar-refractivity contribution in [3.05, 3.63) is 52.9 Å². The number of nitrogens with one attached hydrogen (secondary N) is 2. The van der Waals surface area contributed by atoms with Gasteiger partial charge in [-0.2, -0.15) is 0 Å². The molecule has 2 aromatic rings. The van der Waals surface area contributed by atoms with Crippen LogP contribution in [0.25, 0.3) is 0 Å². The van der Waals surface area contributed by atoms with E-state index in [2.05, 4.69) is 10.0 Å². The van der Waals surface area contributed by atoms with Crippen LogP contribution in [0, 0.1) is 6.92 Å². The van der Waals surface area contributed by atoms with Crippen molar-refractivity contribution < 1.29 is 18.0 Å². The van der Waals surface area contributed by atoms with E-state index in [1.54, 1.807) is 22.4 Å². The van der Waals surface area contributed by atoms with Crippen LogP contribution in [0.2, 0.25) is 0 Å². The fraction of sp³-hybridized carbons (Fsp3) is 0.429. The molecule has 30 heavy (non-hydrogen) atoms. The number of amides is 2. The highest BCUT2D eigenvalue weighted by molar-refractivity contribution is 7.91. The van der Waals surface area contributed by atoms with E-state index in [-0.39, 0.29) is 30.3 Å². The average molecular weight is 450 g/mol. The van der Waals surface area contributed by atoms with Gasteiger partial charge in [0.2, 0.25) is 21.8 Å². The number of nitrogens with zero attached hydrogens (tertiary/aromatic N) is 1. The normalized spacial score (nSPS) is 16.3. The zero-order valence-electron chi connectivity index (χ0n) is 17.1. The Bertz CT molecular complexity index is 964. The zero-order chi connectivity index (χ0) is 21.7. The summed E-state index contributed by atoms with van der Waals surface area (Å²) in [5.74, 6) is -0.232. The number of hydrogen-bond acceptors (Lipinski definition) is 5. The van der Waals surface area contributed by atoms with Gasteiger partial charge in [-0.1, -0.05) is 35.9 Å². The molecule has 2 N–H and O–H groups in total. The van der Waals surface area contributed by atoms with Crippen molar-refractivity contribution in [1.82, 2.24) is 14.9 Å². The van der Waals surface area contributed by atoms with Gasteiger partial charge in [0, 0.05) is 26.1 Å². The minimum absolute atomic E-state index is 0.0473. The molecule has 2 amide bonds. The van der Waals surface area contributed by atoms with Crippen LogP contribution in [-0.2, 0) is 19.6 Å². The monoisotopic (exact) mass is 449 g/mol. The van der Waals surface area contributed by atoms with Gasteiger partial charge in [-0.05, 0) is 36.8 Å². The van der Waals surface area contributed by atoms with Crippen molar-refractivity contribution in [3.8, 4) is 0 Å². The number of hydrogen-bond donors (Lipinski definition) is 2. The Balaban J connectivity index is 1.57. The zero-order valence-corrected chi connectivity index (χ0v) is 18.8. The van der Waals surface area contributed by atoms with Crippen molar-refractivity contribution >= 4 is 33.2 Å². The summed E-state index contributed by atoms with van der Waals surface area (Å²) in [5.41, 5.74) is 2.00. The molecule has 1 aromatic heterocycles. The van der Waals surface area contributed by atoms with E-state index in [9.17, 15) is 18.0 Å². The standard InChI is InChI=1S/C21H27N3O4S2/c1-15-5-7-17(8-6-15)19(22-16(2)25)14-20(26)24-11-9-18(10-12-24)23-30(27,28)21-4-3-13-29-21/h3-8,13,18-19,23H,9-12,14H2,1-2H3,(H,22,25). The summed E-state index contributed by atoms with van der Waals surface area (Å²) in [6.07, 6.45) is 1.30. The molecule has 9 heteroatoms. The van der Waals surface area contributed by atoms with Crippen molar-refractivity contribution in [2.45, 2.75) is 49.4 Å². The Labute approximate surface area is 181 Å². The van der Waals surface area contributed by atoms with Crippen molar-refractivity contribution in [1.29, 1.82) is 0 Å². The predicted molar refractivity (Wildman–Crippen MR) is 117 cm³/mol. The quantitative estimate of drug-likeness (QED) is 0.679. The molecule has 2 heterocycles. The van der Waals surface area contributed by atoms with Gasteiger partial charge in [-0.25, -0.2) is 13.1 Å². The summed E-state index contributed by atoms with van der Waals surface area (Å²) < 4.78 is 27.8. The van der Waals surface area contributed by atoms with Crippen molar-refractivity contribution in [2.24, 2.45) is 0 Å². The van der Waals surface area contributed by atoms with Gasteiger partial charge in [0.05, 0.1) is 12.5 Å².